The van der Waals surface area contributed by atoms with E-state index in [2.05, 4.69) is 0 Å². The predicted molar refractivity (Wildman–Crippen MR) is 65.4 cm³/mol. The molecule has 1 aliphatic rings. The van der Waals surface area contributed by atoms with E-state index in [9.17, 15) is 5.11 Å². The van der Waals surface area contributed by atoms with Crippen LogP contribution < -0.4 is 4.74 Å². The van der Waals surface area contributed by atoms with Crippen LogP contribution in [0.15, 0.2) is 6.07 Å². The van der Waals surface area contributed by atoms with Gasteiger partial charge in [0.15, 0.2) is 0 Å². The van der Waals surface area contributed by atoms with Gasteiger partial charge in [-0.3, -0.25) is 0 Å². The van der Waals surface area contributed by atoms with E-state index in [1.807, 2.05) is 19.9 Å². The monoisotopic (exact) mass is 240 g/mol. The molecule has 0 aromatic heterocycles. The Labute approximate surface area is 101 Å². The van der Waals surface area contributed by atoms with Gasteiger partial charge in [0.25, 0.3) is 0 Å². The Morgan fingerprint density at radius 2 is 2.06 bits per heavy atom. The van der Waals surface area contributed by atoms with Gasteiger partial charge >= 0.3 is 0 Å². The Bertz CT molecular complexity index is 422. The highest BCUT2D eigenvalue weighted by atomic mass is 35.5. The van der Waals surface area contributed by atoms with Crippen molar-refractivity contribution in [3.8, 4) is 5.75 Å². The Morgan fingerprint density at radius 3 is 2.56 bits per heavy atom. The van der Waals surface area contributed by atoms with Crippen molar-refractivity contribution < 1.29 is 9.84 Å². The van der Waals surface area contributed by atoms with E-state index in [-0.39, 0.29) is 0 Å². The number of benzene rings is 1. The fraction of sp³-hybridized carbons (Fsp3) is 0.538. The molecule has 0 amide bonds. The fourth-order valence-electron chi connectivity index (χ4n) is 2.05. The molecule has 2 rings (SSSR count). The third-order valence-corrected chi connectivity index (χ3v) is 3.72. The van der Waals surface area contributed by atoms with Crippen molar-refractivity contribution in [3.63, 3.8) is 0 Å². The molecule has 1 aromatic carbocycles. The Hall–Kier alpha value is -0.730. The topological polar surface area (TPSA) is 29.5 Å². The van der Waals surface area contributed by atoms with Crippen molar-refractivity contribution in [1.29, 1.82) is 0 Å². The number of methoxy groups -OCH3 is 1. The van der Waals surface area contributed by atoms with Crippen LogP contribution in [-0.4, -0.2) is 17.8 Å². The quantitative estimate of drug-likeness (QED) is 0.880. The largest absolute Gasteiger partial charge is 0.496 e. The van der Waals surface area contributed by atoms with Crippen LogP contribution >= 0.6 is 11.6 Å². The second-order valence-corrected chi connectivity index (χ2v) is 5.12. The summed E-state index contributed by atoms with van der Waals surface area (Å²) in [5.41, 5.74) is 2.63. The summed E-state index contributed by atoms with van der Waals surface area (Å²) in [5.74, 6) is 0.824. The first-order valence-corrected chi connectivity index (χ1v) is 5.89. The van der Waals surface area contributed by atoms with Crippen molar-refractivity contribution >= 4 is 11.6 Å². The molecule has 0 unspecified atom stereocenters. The maximum Gasteiger partial charge on any atom is 0.126 e. The van der Waals surface area contributed by atoms with Crippen LogP contribution in [0.4, 0.5) is 0 Å². The van der Waals surface area contributed by atoms with Crippen molar-refractivity contribution in [1.82, 2.24) is 0 Å². The highest BCUT2D eigenvalue weighted by Crippen LogP contribution is 2.42. The Morgan fingerprint density at radius 1 is 1.44 bits per heavy atom. The lowest BCUT2D eigenvalue weighted by Crippen LogP contribution is -2.13. The fourth-order valence-corrected chi connectivity index (χ4v) is 2.29. The number of halogens is 1. The smallest absolute Gasteiger partial charge is 0.126 e. The summed E-state index contributed by atoms with van der Waals surface area (Å²) in [7, 11) is 1.65. The molecule has 1 fully saturated rings. The minimum atomic E-state index is -0.502. The number of aryl methyl sites for hydroxylation is 1. The van der Waals surface area contributed by atoms with Gasteiger partial charge < -0.3 is 9.84 Å². The van der Waals surface area contributed by atoms with Crippen LogP contribution in [0.25, 0.3) is 0 Å². The molecule has 0 bridgehead atoms. The molecule has 1 N–H and O–H groups in total. The Balaban J connectivity index is 2.45. The summed E-state index contributed by atoms with van der Waals surface area (Å²) in [4.78, 5) is 0. The minimum absolute atomic E-state index is 0.502. The van der Waals surface area contributed by atoms with E-state index in [0.29, 0.717) is 6.42 Å². The van der Waals surface area contributed by atoms with Gasteiger partial charge in [-0.2, -0.15) is 0 Å². The summed E-state index contributed by atoms with van der Waals surface area (Å²) in [5, 5.41) is 10.7. The van der Waals surface area contributed by atoms with Gasteiger partial charge in [-0.25, -0.2) is 0 Å². The van der Waals surface area contributed by atoms with Gasteiger partial charge in [-0.15, -0.1) is 0 Å². The molecular formula is C13H17ClO2. The molecule has 0 atom stereocenters. The molecule has 0 aliphatic heterocycles. The standard InChI is InChI=1S/C13H17ClO2/c1-8-6-11(14)9(2)12(16-3)10(8)7-13(15)4-5-13/h6,15H,4-5,7H2,1-3H3. The predicted octanol–water partition coefficient (Wildman–Crippen LogP) is 3.03. The zero-order valence-electron chi connectivity index (χ0n) is 9.93. The minimum Gasteiger partial charge on any atom is -0.496 e. The number of rotatable bonds is 3. The van der Waals surface area contributed by atoms with Crippen molar-refractivity contribution in [2.45, 2.75) is 38.7 Å². The molecule has 0 radical (unpaired) electrons. The van der Waals surface area contributed by atoms with E-state index in [0.717, 1.165) is 40.3 Å². The first-order chi connectivity index (χ1) is 7.47. The van der Waals surface area contributed by atoms with Crippen LogP contribution in [0.1, 0.15) is 29.5 Å². The summed E-state index contributed by atoms with van der Waals surface area (Å²) >= 11 is 6.11. The molecule has 88 valence electrons. The molecule has 1 aliphatic carbocycles. The molecule has 0 saturated heterocycles. The van der Waals surface area contributed by atoms with E-state index in [1.54, 1.807) is 7.11 Å². The van der Waals surface area contributed by atoms with E-state index in [1.165, 1.54) is 0 Å². The average Bonchev–Trinajstić information content (AvgIpc) is 2.94. The molecule has 0 heterocycles. The molecule has 2 nitrogen and oxygen atoms in total. The van der Waals surface area contributed by atoms with Gasteiger partial charge in [-0.05, 0) is 38.3 Å². The zero-order valence-corrected chi connectivity index (χ0v) is 10.7. The summed E-state index contributed by atoms with van der Waals surface area (Å²) in [6.45, 7) is 3.95. The molecule has 0 spiro atoms. The van der Waals surface area contributed by atoms with Gasteiger partial charge in [0.1, 0.15) is 5.75 Å². The maximum atomic E-state index is 10.00. The molecule has 1 aromatic rings. The summed E-state index contributed by atoms with van der Waals surface area (Å²) in [6, 6.07) is 1.94. The van der Waals surface area contributed by atoms with E-state index >= 15 is 0 Å². The second-order valence-electron chi connectivity index (χ2n) is 4.71. The van der Waals surface area contributed by atoms with Crippen LogP contribution in [0.3, 0.4) is 0 Å². The summed E-state index contributed by atoms with van der Waals surface area (Å²) in [6.07, 6.45) is 2.44. The van der Waals surface area contributed by atoms with Crippen LogP contribution in [0, 0.1) is 13.8 Å². The number of aliphatic hydroxyl groups is 1. The lowest BCUT2D eigenvalue weighted by atomic mass is 9.97. The van der Waals surface area contributed by atoms with Crippen molar-refractivity contribution in [3.05, 3.63) is 27.8 Å². The average molecular weight is 241 g/mol. The van der Waals surface area contributed by atoms with Crippen LogP contribution in [0.5, 0.6) is 5.75 Å². The zero-order chi connectivity index (χ0) is 11.9. The van der Waals surface area contributed by atoms with E-state index < -0.39 is 5.60 Å². The molecule has 16 heavy (non-hydrogen) atoms. The normalized spacial score (nSPS) is 17.3. The van der Waals surface area contributed by atoms with Crippen molar-refractivity contribution in [2.75, 3.05) is 7.11 Å². The molecule has 1 saturated carbocycles. The lowest BCUT2D eigenvalue weighted by Gasteiger charge is -2.17. The molecule has 3 heteroatoms. The van der Waals surface area contributed by atoms with E-state index in [4.69, 9.17) is 16.3 Å². The SMILES string of the molecule is COc1c(C)c(Cl)cc(C)c1CC1(O)CC1. The highest BCUT2D eigenvalue weighted by Gasteiger charge is 2.41. The Kier molecular flexibility index (Phi) is 2.89. The van der Waals surface area contributed by atoms with Crippen molar-refractivity contribution in [2.24, 2.45) is 0 Å². The van der Waals surface area contributed by atoms with Crippen LogP contribution in [0.2, 0.25) is 5.02 Å². The third-order valence-electron chi connectivity index (χ3n) is 3.33. The van der Waals surface area contributed by atoms with Gasteiger partial charge in [-0.1, -0.05) is 11.6 Å². The second kappa shape index (κ2) is 3.94. The third kappa shape index (κ3) is 2.04. The van der Waals surface area contributed by atoms with Gasteiger partial charge in [0.2, 0.25) is 0 Å². The first-order valence-electron chi connectivity index (χ1n) is 5.52. The first kappa shape index (κ1) is 11.7. The number of hydrogen-bond acceptors (Lipinski definition) is 2. The van der Waals surface area contributed by atoms with Gasteiger partial charge in [0, 0.05) is 22.6 Å². The summed E-state index contributed by atoms with van der Waals surface area (Å²) < 4.78 is 5.42. The number of hydrogen-bond donors (Lipinski definition) is 1. The highest BCUT2D eigenvalue weighted by molar-refractivity contribution is 6.31. The van der Waals surface area contributed by atoms with Gasteiger partial charge in [0.05, 0.1) is 12.7 Å². The van der Waals surface area contributed by atoms with Crippen LogP contribution in [-0.2, 0) is 6.42 Å². The number of ether oxygens (including phenoxy) is 1. The maximum absolute atomic E-state index is 10.00. The lowest BCUT2D eigenvalue weighted by molar-refractivity contribution is 0.149. The molecular weight excluding hydrogens is 224 g/mol.